The number of aromatic nitrogens is 2. The van der Waals surface area contributed by atoms with Gasteiger partial charge in [0.1, 0.15) is 6.04 Å². The van der Waals surface area contributed by atoms with Gasteiger partial charge in [0.05, 0.1) is 0 Å². The van der Waals surface area contributed by atoms with Crippen LogP contribution in [-0.4, -0.2) is 15.5 Å². The number of hydrogen-bond donors (Lipinski definition) is 1. The standard InChI is InChI=1S/C14H8Cl2F3N3O2/c15-7-2-1-6(8(16)4-7)3-9-12(24)21-13-20-10(14(17,18)19)5-11(23)22(9)13/h1-2,4-5,9H,3H2,(H,20,21,24). The minimum absolute atomic E-state index is 0.0157. The van der Waals surface area contributed by atoms with Crippen molar-refractivity contribution in [1.82, 2.24) is 9.55 Å². The van der Waals surface area contributed by atoms with Crippen molar-refractivity contribution < 1.29 is 18.0 Å². The molecule has 0 bridgehead atoms. The predicted octanol–water partition coefficient (Wildman–Crippen LogP) is 3.30. The summed E-state index contributed by atoms with van der Waals surface area (Å²) in [6.07, 6.45) is -4.77. The fraction of sp³-hybridized carbons (Fsp3) is 0.214. The first-order valence-corrected chi connectivity index (χ1v) is 7.38. The van der Waals surface area contributed by atoms with Crippen molar-refractivity contribution in [2.24, 2.45) is 0 Å². The third-order valence-corrected chi connectivity index (χ3v) is 4.11. The maximum Gasteiger partial charge on any atom is 0.433 e. The second-order valence-electron chi connectivity index (χ2n) is 5.12. The molecule has 1 unspecified atom stereocenters. The van der Waals surface area contributed by atoms with Crippen LogP contribution in [0.1, 0.15) is 17.3 Å². The van der Waals surface area contributed by atoms with Crippen molar-refractivity contribution in [1.29, 1.82) is 0 Å². The lowest BCUT2D eigenvalue weighted by atomic mass is 10.1. The maximum absolute atomic E-state index is 12.7. The van der Waals surface area contributed by atoms with Crippen LogP contribution in [0.3, 0.4) is 0 Å². The zero-order valence-electron chi connectivity index (χ0n) is 11.7. The lowest BCUT2D eigenvalue weighted by Gasteiger charge is -2.13. The van der Waals surface area contributed by atoms with E-state index >= 15 is 0 Å². The summed E-state index contributed by atoms with van der Waals surface area (Å²) >= 11 is 11.8. The number of amides is 1. The SMILES string of the molecule is O=C1Nc2nc(C(F)(F)F)cc(=O)n2C1Cc1ccc(Cl)cc1Cl. The van der Waals surface area contributed by atoms with Gasteiger partial charge in [0.2, 0.25) is 11.9 Å². The van der Waals surface area contributed by atoms with Gasteiger partial charge in [0, 0.05) is 22.5 Å². The largest absolute Gasteiger partial charge is 0.433 e. The van der Waals surface area contributed by atoms with E-state index in [0.717, 1.165) is 4.57 Å². The Morgan fingerprint density at radius 2 is 1.92 bits per heavy atom. The van der Waals surface area contributed by atoms with Gasteiger partial charge < -0.3 is 0 Å². The Labute approximate surface area is 143 Å². The third-order valence-electron chi connectivity index (χ3n) is 3.52. The fourth-order valence-corrected chi connectivity index (χ4v) is 2.90. The minimum atomic E-state index is -4.78. The summed E-state index contributed by atoms with van der Waals surface area (Å²) in [6.45, 7) is 0. The normalized spacial score (nSPS) is 16.9. The average molecular weight is 378 g/mol. The molecule has 0 spiro atoms. The zero-order valence-corrected chi connectivity index (χ0v) is 13.2. The van der Waals surface area contributed by atoms with Gasteiger partial charge >= 0.3 is 6.18 Å². The number of rotatable bonds is 2. The number of hydrogen-bond acceptors (Lipinski definition) is 3. The van der Waals surface area contributed by atoms with Gasteiger partial charge in [-0.25, -0.2) is 4.98 Å². The summed E-state index contributed by atoms with van der Waals surface area (Å²) in [5.74, 6) is -1.07. The zero-order chi connectivity index (χ0) is 17.6. The van der Waals surface area contributed by atoms with E-state index in [4.69, 9.17) is 23.2 Å². The van der Waals surface area contributed by atoms with Crippen LogP contribution in [0.4, 0.5) is 19.1 Å². The van der Waals surface area contributed by atoms with E-state index in [-0.39, 0.29) is 11.4 Å². The molecule has 1 aliphatic rings. The van der Waals surface area contributed by atoms with E-state index in [1.54, 1.807) is 12.1 Å². The van der Waals surface area contributed by atoms with Crippen LogP contribution >= 0.6 is 23.2 Å². The smallest absolute Gasteiger partial charge is 0.294 e. The number of carbonyl (C=O) groups is 1. The Morgan fingerprint density at radius 3 is 2.54 bits per heavy atom. The molecule has 1 aromatic carbocycles. The summed E-state index contributed by atoms with van der Waals surface area (Å²) in [5.41, 5.74) is -1.80. The second-order valence-corrected chi connectivity index (χ2v) is 5.96. The number of halogens is 5. The van der Waals surface area contributed by atoms with Gasteiger partial charge in [0.25, 0.3) is 5.56 Å². The van der Waals surface area contributed by atoms with E-state index < -0.39 is 35.3 Å². The van der Waals surface area contributed by atoms with Gasteiger partial charge in [-0.05, 0) is 17.7 Å². The van der Waals surface area contributed by atoms with E-state index in [0.29, 0.717) is 16.7 Å². The molecule has 10 heteroatoms. The first-order valence-electron chi connectivity index (χ1n) is 6.62. The molecule has 0 saturated carbocycles. The molecule has 3 rings (SSSR count). The first kappa shape index (κ1) is 16.8. The van der Waals surface area contributed by atoms with Gasteiger partial charge in [-0.15, -0.1) is 0 Å². The molecule has 2 heterocycles. The van der Waals surface area contributed by atoms with Gasteiger partial charge in [-0.3, -0.25) is 19.5 Å². The average Bonchev–Trinajstić information content (AvgIpc) is 2.77. The molecule has 1 N–H and O–H groups in total. The molecule has 1 aromatic heterocycles. The number of alkyl halides is 3. The van der Waals surface area contributed by atoms with Crippen LogP contribution in [0.2, 0.25) is 10.0 Å². The van der Waals surface area contributed by atoms with Crippen LogP contribution in [0, 0.1) is 0 Å². The fourth-order valence-electron chi connectivity index (χ4n) is 2.42. The Bertz CT molecular complexity index is 896. The predicted molar refractivity (Wildman–Crippen MR) is 81.3 cm³/mol. The Kier molecular flexibility index (Phi) is 4.05. The van der Waals surface area contributed by atoms with Crippen molar-refractivity contribution in [2.45, 2.75) is 18.6 Å². The van der Waals surface area contributed by atoms with E-state index in [1.165, 1.54) is 6.07 Å². The summed E-state index contributed by atoms with van der Waals surface area (Å²) < 4.78 is 39.0. The van der Waals surface area contributed by atoms with Crippen LogP contribution in [0.25, 0.3) is 0 Å². The molecule has 2 aromatic rings. The molecule has 24 heavy (non-hydrogen) atoms. The van der Waals surface area contributed by atoms with Crippen molar-refractivity contribution in [2.75, 3.05) is 5.32 Å². The minimum Gasteiger partial charge on any atom is -0.294 e. The molecule has 126 valence electrons. The topological polar surface area (TPSA) is 64.0 Å². The highest BCUT2D eigenvalue weighted by molar-refractivity contribution is 6.35. The molecule has 5 nitrogen and oxygen atoms in total. The second kappa shape index (κ2) is 5.78. The summed E-state index contributed by atoms with van der Waals surface area (Å²) in [7, 11) is 0. The highest BCUT2D eigenvalue weighted by Gasteiger charge is 2.38. The number of anilines is 1. The molecule has 0 saturated heterocycles. The van der Waals surface area contributed by atoms with Gasteiger partial charge in [-0.1, -0.05) is 29.3 Å². The lowest BCUT2D eigenvalue weighted by molar-refractivity contribution is -0.141. The Hall–Kier alpha value is -2.06. The van der Waals surface area contributed by atoms with Gasteiger partial charge in [-0.2, -0.15) is 13.2 Å². The van der Waals surface area contributed by atoms with Crippen molar-refractivity contribution in [3.8, 4) is 0 Å². The van der Waals surface area contributed by atoms with Gasteiger partial charge in [0.15, 0.2) is 5.69 Å². The Balaban J connectivity index is 2.02. The summed E-state index contributed by atoms with van der Waals surface area (Å²) in [5, 5.41) is 2.88. The number of nitrogens with one attached hydrogen (secondary N) is 1. The van der Waals surface area contributed by atoms with Crippen molar-refractivity contribution >= 4 is 35.1 Å². The monoisotopic (exact) mass is 377 g/mol. The molecule has 0 aliphatic carbocycles. The van der Waals surface area contributed by atoms with Crippen LogP contribution in [0.5, 0.6) is 0 Å². The summed E-state index contributed by atoms with van der Waals surface area (Å²) in [4.78, 5) is 27.4. The highest BCUT2D eigenvalue weighted by atomic mass is 35.5. The third kappa shape index (κ3) is 2.99. The quantitative estimate of drug-likeness (QED) is 0.872. The Morgan fingerprint density at radius 1 is 1.21 bits per heavy atom. The molecule has 0 fully saturated rings. The van der Waals surface area contributed by atoms with Crippen molar-refractivity contribution in [3.05, 3.63) is 55.9 Å². The maximum atomic E-state index is 12.7. The van der Waals surface area contributed by atoms with E-state index in [2.05, 4.69) is 10.3 Å². The molecular weight excluding hydrogens is 370 g/mol. The molecular formula is C14H8Cl2F3N3O2. The molecule has 0 radical (unpaired) electrons. The summed E-state index contributed by atoms with van der Waals surface area (Å²) in [6, 6.07) is 3.93. The van der Waals surface area contributed by atoms with Crippen molar-refractivity contribution in [3.63, 3.8) is 0 Å². The number of fused-ring (bicyclic) bond motifs is 1. The number of benzene rings is 1. The molecule has 1 aliphatic heterocycles. The first-order chi connectivity index (χ1) is 11.2. The van der Waals surface area contributed by atoms with E-state index in [9.17, 15) is 22.8 Å². The molecule has 1 atom stereocenters. The van der Waals surface area contributed by atoms with Crippen LogP contribution < -0.4 is 10.9 Å². The number of nitrogens with zero attached hydrogens (tertiary/aromatic N) is 2. The lowest BCUT2D eigenvalue weighted by Crippen LogP contribution is -2.27. The number of carbonyl (C=O) groups excluding carboxylic acids is 1. The van der Waals surface area contributed by atoms with E-state index in [1.807, 2.05) is 0 Å². The highest BCUT2D eigenvalue weighted by Crippen LogP contribution is 2.32. The van der Waals surface area contributed by atoms with Crippen LogP contribution in [0.15, 0.2) is 29.1 Å². The van der Waals surface area contributed by atoms with Crippen LogP contribution in [-0.2, 0) is 17.4 Å². The molecule has 1 amide bonds.